The fourth-order valence-corrected chi connectivity index (χ4v) is 4.44. The number of nitrogen functional groups attached to an aromatic ring is 1. The zero-order chi connectivity index (χ0) is 19.0. The molecule has 1 aromatic heterocycles. The van der Waals surface area contributed by atoms with Crippen LogP contribution in [0.4, 0.5) is 5.69 Å². The van der Waals surface area contributed by atoms with Gasteiger partial charge in [-0.3, -0.25) is 4.98 Å². The zero-order valence-electron chi connectivity index (χ0n) is 15.9. The van der Waals surface area contributed by atoms with E-state index in [1.807, 2.05) is 0 Å². The molecule has 2 unspecified atom stereocenters. The van der Waals surface area contributed by atoms with Crippen molar-refractivity contribution in [1.82, 2.24) is 9.88 Å². The van der Waals surface area contributed by atoms with Crippen LogP contribution in [0.25, 0.3) is 10.9 Å². The molecule has 0 amide bonds. The summed E-state index contributed by atoms with van der Waals surface area (Å²) in [5, 5.41) is 20.3. The molecule has 1 aromatic carbocycles. The minimum atomic E-state index is -0.174. The molecule has 0 radical (unpaired) electrons. The Balaban J connectivity index is 1.61. The summed E-state index contributed by atoms with van der Waals surface area (Å²) >= 11 is 0. The second kappa shape index (κ2) is 7.52. The molecule has 2 atom stereocenters. The first-order valence-corrected chi connectivity index (χ1v) is 10.00. The Hall–Kier alpha value is -2.05. The lowest BCUT2D eigenvalue weighted by Crippen LogP contribution is -2.38. The van der Waals surface area contributed by atoms with Gasteiger partial charge in [0.05, 0.1) is 18.2 Å². The molecule has 1 fully saturated rings. The lowest BCUT2D eigenvalue weighted by molar-refractivity contribution is 0.0105. The van der Waals surface area contributed by atoms with Crippen LogP contribution in [0.15, 0.2) is 12.1 Å². The molecular formula is C21H29N3O3. The van der Waals surface area contributed by atoms with Crippen molar-refractivity contribution < 1.29 is 14.9 Å². The molecular weight excluding hydrogens is 342 g/mol. The number of anilines is 1. The van der Waals surface area contributed by atoms with Crippen LogP contribution >= 0.6 is 0 Å². The lowest BCUT2D eigenvalue weighted by Gasteiger charge is -2.32. The number of benzene rings is 1. The van der Waals surface area contributed by atoms with Crippen molar-refractivity contribution in [2.45, 2.75) is 45.1 Å². The van der Waals surface area contributed by atoms with Gasteiger partial charge in [0, 0.05) is 42.2 Å². The summed E-state index contributed by atoms with van der Waals surface area (Å²) in [5.74, 6) is 0.0699. The van der Waals surface area contributed by atoms with Crippen LogP contribution in [-0.4, -0.2) is 52.4 Å². The van der Waals surface area contributed by atoms with Gasteiger partial charge in [0.15, 0.2) is 11.5 Å². The summed E-state index contributed by atoms with van der Waals surface area (Å²) in [6.45, 7) is 6.31. The third-order valence-electron chi connectivity index (χ3n) is 6.02. The molecule has 2 aliphatic rings. The third kappa shape index (κ3) is 3.69. The quantitative estimate of drug-likeness (QED) is 0.719. The van der Waals surface area contributed by atoms with Gasteiger partial charge in [0.25, 0.3) is 0 Å². The summed E-state index contributed by atoms with van der Waals surface area (Å²) in [5.41, 5.74) is 9.70. The van der Waals surface area contributed by atoms with E-state index in [2.05, 4.69) is 11.8 Å². The van der Waals surface area contributed by atoms with Crippen LogP contribution in [-0.2, 0) is 17.6 Å². The standard InChI is InChI=1S/C21H29N3O3/c1-13(12-24-6-3-2-4-7-24)20-10-15-16(5-8-27-20)23-17-11-19(26)18(25)9-14(17)21(15)22/h9,11,13,20,25-26H,2-8,10,12H2,1H3,(H2,22,23). The van der Waals surface area contributed by atoms with E-state index in [9.17, 15) is 10.2 Å². The Morgan fingerprint density at radius 3 is 2.74 bits per heavy atom. The summed E-state index contributed by atoms with van der Waals surface area (Å²) < 4.78 is 6.20. The molecule has 27 heavy (non-hydrogen) atoms. The molecule has 2 aliphatic heterocycles. The highest BCUT2D eigenvalue weighted by molar-refractivity contribution is 5.94. The maximum atomic E-state index is 9.86. The van der Waals surface area contributed by atoms with Crippen LogP contribution in [0.2, 0.25) is 0 Å². The van der Waals surface area contributed by atoms with Crippen molar-refractivity contribution in [3.8, 4) is 11.5 Å². The first kappa shape index (κ1) is 18.3. The first-order valence-electron chi connectivity index (χ1n) is 10.00. The third-order valence-corrected chi connectivity index (χ3v) is 6.02. The predicted molar refractivity (Wildman–Crippen MR) is 106 cm³/mol. The molecule has 0 spiro atoms. The average molecular weight is 371 g/mol. The number of aromatic hydroxyl groups is 2. The van der Waals surface area contributed by atoms with E-state index in [1.54, 1.807) is 0 Å². The van der Waals surface area contributed by atoms with Gasteiger partial charge >= 0.3 is 0 Å². The van der Waals surface area contributed by atoms with Gasteiger partial charge < -0.3 is 25.6 Å². The Bertz CT molecular complexity index is 833. The number of hydrogen-bond acceptors (Lipinski definition) is 6. The number of phenols is 2. The Morgan fingerprint density at radius 1 is 1.22 bits per heavy atom. The number of aromatic nitrogens is 1. The second-order valence-electron chi connectivity index (χ2n) is 8.01. The Morgan fingerprint density at radius 2 is 1.96 bits per heavy atom. The fourth-order valence-electron chi connectivity index (χ4n) is 4.44. The topological polar surface area (TPSA) is 91.8 Å². The number of piperidine rings is 1. The van der Waals surface area contributed by atoms with Crippen molar-refractivity contribution >= 4 is 16.6 Å². The molecule has 4 N–H and O–H groups in total. The fraction of sp³-hybridized carbons (Fsp3) is 0.571. The SMILES string of the molecule is CC(CN1CCCCC1)C1Cc2c(nc3cc(O)c(O)cc3c2N)CCO1. The van der Waals surface area contributed by atoms with Gasteiger partial charge in [-0.2, -0.15) is 0 Å². The lowest BCUT2D eigenvalue weighted by atomic mass is 9.93. The summed E-state index contributed by atoms with van der Waals surface area (Å²) in [7, 11) is 0. The number of rotatable bonds is 3. The number of hydrogen-bond donors (Lipinski definition) is 3. The van der Waals surface area contributed by atoms with Gasteiger partial charge in [-0.25, -0.2) is 0 Å². The molecule has 2 aromatic rings. The molecule has 0 saturated carbocycles. The van der Waals surface area contributed by atoms with Crippen molar-refractivity contribution in [3.05, 3.63) is 23.4 Å². The highest BCUT2D eigenvalue weighted by Gasteiger charge is 2.27. The monoisotopic (exact) mass is 371 g/mol. The van der Waals surface area contributed by atoms with E-state index < -0.39 is 0 Å². The molecule has 0 aliphatic carbocycles. The van der Waals surface area contributed by atoms with Gasteiger partial charge in [-0.15, -0.1) is 0 Å². The van der Waals surface area contributed by atoms with E-state index in [1.165, 1.54) is 44.5 Å². The minimum Gasteiger partial charge on any atom is -0.504 e. The van der Waals surface area contributed by atoms with E-state index in [0.29, 0.717) is 35.5 Å². The van der Waals surface area contributed by atoms with E-state index in [-0.39, 0.29) is 17.6 Å². The molecule has 1 saturated heterocycles. The summed E-state index contributed by atoms with van der Waals surface area (Å²) in [4.78, 5) is 7.25. The number of nitrogens with two attached hydrogens (primary N) is 1. The largest absolute Gasteiger partial charge is 0.504 e. The van der Waals surface area contributed by atoms with Gasteiger partial charge in [0.1, 0.15) is 0 Å². The Labute approximate surface area is 160 Å². The number of pyridine rings is 1. The number of fused-ring (bicyclic) bond motifs is 2. The number of phenolic OH excluding ortho intramolecular Hbond substituents is 2. The second-order valence-corrected chi connectivity index (χ2v) is 8.01. The molecule has 3 heterocycles. The van der Waals surface area contributed by atoms with E-state index in [4.69, 9.17) is 15.5 Å². The first-order chi connectivity index (χ1) is 13.0. The molecule has 146 valence electrons. The highest BCUT2D eigenvalue weighted by Crippen LogP contribution is 2.36. The van der Waals surface area contributed by atoms with E-state index >= 15 is 0 Å². The zero-order valence-corrected chi connectivity index (χ0v) is 15.9. The van der Waals surface area contributed by atoms with Crippen molar-refractivity contribution in [2.24, 2.45) is 5.92 Å². The normalized spacial score (nSPS) is 22.3. The average Bonchev–Trinajstić information content (AvgIpc) is 2.87. The van der Waals surface area contributed by atoms with Gasteiger partial charge in [0.2, 0.25) is 0 Å². The van der Waals surface area contributed by atoms with Crippen molar-refractivity contribution in [3.63, 3.8) is 0 Å². The summed E-state index contributed by atoms with van der Waals surface area (Å²) in [6, 6.07) is 2.98. The molecule has 6 nitrogen and oxygen atoms in total. The predicted octanol–water partition coefficient (Wildman–Crippen LogP) is 2.83. The van der Waals surface area contributed by atoms with Crippen LogP contribution in [0.3, 0.4) is 0 Å². The van der Waals surface area contributed by atoms with Gasteiger partial charge in [-0.1, -0.05) is 13.3 Å². The maximum absolute atomic E-state index is 9.86. The maximum Gasteiger partial charge on any atom is 0.159 e. The van der Waals surface area contributed by atoms with E-state index in [0.717, 1.165) is 24.2 Å². The van der Waals surface area contributed by atoms with Gasteiger partial charge in [-0.05, 0) is 43.5 Å². The van der Waals surface area contributed by atoms with Crippen LogP contribution < -0.4 is 5.73 Å². The summed E-state index contributed by atoms with van der Waals surface area (Å²) in [6.07, 6.45) is 5.49. The van der Waals surface area contributed by atoms with Crippen molar-refractivity contribution in [2.75, 3.05) is 32.0 Å². The number of ether oxygens (including phenoxy) is 1. The smallest absolute Gasteiger partial charge is 0.159 e. The van der Waals surface area contributed by atoms with Crippen LogP contribution in [0.5, 0.6) is 11.5 Å². The molecule has 0 bridgehead atoms. The molecule has 4 rings (SSSR count). The minimum absolute atomic E-state index is 0.112. The number of likely N-dealkylation sites (tertiary alicyclic amines) is 1. The number of nitrogens with zero attached hydrogens (tertiary/aromatic N) is 2. The van der Waals surface area contributed by atoms with Crippen molar-refractivity contribution in [1.29, 1.82) is 0 Å². The van der Waals surface area contributed by atoms with Crippen LogP contribution in [0.1, 0.15) is 37.4 Å². The Kier molecular flexibility index (Phi) is 5.10. The highest BCUT2D eigenvalue weighted by atomic mass is 16.5. The molecule has 6 heteroatoms. The van der Waals surface area contributed by atoms with Crippen LogP contribution in [0, 0.1) is 5.92 Å².